The molecular formula is C12H16O2S. The number of ether oxygens (including phenoxy) is 1. The van der Waals surface area contributed by atoms with Crippen LogP contribution in [0.15, 0.2) is 17.0 Å². The van der Waals surface area contributed by atoms with Gasteiger partial charge < -0.3 is 4.74 Å². The molecule has 0 spiro atoms. The first-order valence-corrected chi connectivity index (χ1v) is 6.12. The van der Waals surface area contributed by atoms with E-state index in [4.69, 9.17) is 4.74 Å². The molecule has 0 fully saturated rings. The van der Waals surface area contributed by atoms with E-state index in [9.17, 15) is 4.79 Å². The van der Waals surface area contributed by atoms with E-state index in [0.29, 0.717) is 11.3 Å². The molecule has 0 aromatic heterocycles. The third-order valence-corrected chi connectivity index (χ3v) is 3.18. The SMILES string of the molecule is CCc1cc(OC)c(C(C)=O)cc1SC. The maximum atomic E-state index is 11.4. The Hall–Kier alpha value is -0.960. The zero-order valence-corrected chi connectivity index (χ0v) is 10.4. The van der Waals surface area contributed by atoms with Crippen LogP contribution in [-0.2, 0) is 6.42 Å². The second kappa shape index (κ2) is 5.21. The summed E-state index contributed by atoms with van der Waals surface area (Å²) in [5, 5.41) is 0. The van der Waals surface area contributed by atoms with Gasteiger partial charge in [-0.25, -0.2) is 0 Å². The number of methoxy groups -OCH3 is 1. The van der Waals surface area contributed by atoms with Gasteiger partial charge >= 0.3 is 0 Å². The fourth-order valence-electron chi connectivity index (χ4n) is 1.51. The molecule has 0 aliphatic carbocycles. The maximum absolute atomic E-state index is 11.4. The Morgan fingerprint density at radius 1 is 1.47 bits per heavy atom. The van der Waals surface area contributed by atoms with Crippen molar-refractivity contribution >= 4 is 17.5 Å². The number of benzene rings is 1. The molecule has 0 radical (unpaired) electrons. The quantitative estimate of drug-likeness (QED) is 0.580. The van der Waals surface area contributed by atoms with Crippen LogP contribution in [0, 0.1) is 0 Å². The highest BCUT2D eigenvalue weighted by molar-refractivity contribution is 7.98. The molecular weight excluding hydrogens is 208 g/mol. The van der Waals surface area contributed by atoms with Gasteiger partial charge in [-0.15, -0.1) is 11.8 Å². The molecule has 1 aromatic carbocycles. The Morgan fingerprint density at radius 3 is 2.53 bits per heavy atom. The van der Waals surface area contributed by atoms with Crippen molar-refractivity contribution in [2.45, 2.75) is 25.2 Å². The Labute approximate surface area is 95.0 Å². The molecule has 1 aromatic rings. The van der Waals surface area contributed by atoms with Crippen molar-refractivity contribution < 1.29 is 9.53 Å². The molecule has 0 atom stereocenters. The van der Waals surface area contributed by atoms with Gasteiger partial charge in [0.15, 0.2) is 5.78 Å². The molecule has 1 rings (SSSR count). The Balaban J connectivity index is 3.34. The van der Waals surface area contributed by atoms with Gasteiger partial charge in [0.25, 0.3) is 0 Å². The van der Waals surface area contributed by atoms with E-state index in [1.165, 1.54) is 5.56 Å². The van der Waals surface area contributed by atoms with E-state index >= 15 is 0 Å². The van der Waals surface area contributed by atoms with Gasteiger partial charge in [0.2, 0.25) is 0 Å². The lowest BCUT2D eigenvalue weighted by atomic mass is 10.1. The van der Waals surface area contributed by atoms with Gasteiger partial charge in [0.1, 0.15) is 5.75 Å². The lowest BCUT2D eigenvalue weighted by Gasteiger charge is -2.11. The Morgan fingerprint density at radius 2 is 2.13 bits per heavy atom. The normalized spacial score (nSPS) is 10.1. The van der Waals surface area contributed by atoms with Crippen molar-refractivity contribution in [3.63, 3.8) is 0 Å². The largest absolute Gasteiger partial charge is 0.496 e. The van der Waals surface area contributed by atoms with Crippen molar-refractivity contribution in [3.05, 3.63) is 23.3 Å². The molecule has 0 unspecified atom stereocenters. The minimum atomic E-state index is 0.0461. The third kappa shape index (κ3) is 2.53. The minimum absolute atomic E-state index is 0.0461. The molecule has 0 aliphatic heterocycles. The molecule has 3 heteroatoms. The first-order valence-electron chi connectivity index (χ1n) is 4.89. The first kappa shape index (κ1) is 12.1. The first-order chi connectivity index (χ1) is 7.13. The maximum Gasteiger partial charge on any atom is 0.163 e. The van der Waals surface area contributed by atoms with Crippen LogP contribution in [-0.4, -0.2) is 19.1 Å². The molecule has 0 aliphatic rings. The van der Waals surface area contributed by atoms with E-state index in [1.807, 2.05) is 18.4 Å². The topological polar surface area (TPSA) is 26.3 Å². The van der Waals surface area contributed by atoms with E-state index in [2.05, 4.69) is 6.92 Å². The molecule has 0 N–H and O–H groups in total. The summed E-state index contributed by atoms with van der Waals surface area (Å²) >= 11 is 1.66. The van der Waals surface area contributed by atoms with E-state index < -0.39 is 0 Å². The zero-order valence-electron chi connectivity index (χ0n) is 9.59. The molecule has 0 saturated carbocycles. The summed E-state index contributed by atoms with van der Waals surface area (Å²) in [7, 11) is 1.60. The lowest BCUT2D eigenvalue weighted by molar-refractivity contribution is 0.101. The van der Waals surface area contributed by atoms with Gasteiger partial charge in [0.05, 0.1) is 12.7 Å². The average Bonchev–Trinajstić information content (AvgIpc) is 2.26. The summed E-state index contributed by atoms with van der Waals surface area (Å²) in [6.45, 7) is 3.66. The third-order valence-electron chi connectivity index (χ3n) is 2.36. The summed E-state index contributed by atoms with van der Waals surface area (Å²) in [6, 6.07) is 3.88. The van der Waals surface area contributed by atoms with Crippen molar-refractivity contribution in [2.24, 2.45) is 0 Å². The van der Waals surface area contributed by atoms with Crippen LogP contribution < -0.4 is 4.74 Å². The average molecular weight is 224 g/mol. The molecule has 0 saturated heterocycles. The molecule has 15 heavy (non-hydrogen) atoms. The van der Waals surface area contributed by atoms with Crippen molar-refractivity contribution in [1.82, 2.24) is 0 Å². The van der Waals surface area contributed by atoms with Gasteiger partial charge in [-0.2, -0.15) is 0 Å². The Bertz CT molecular complexity index is 372. The smallest absolute Gasteiger partial charge is 0.163 e. The van der Waals surface area contributed by atoms with Gasteiger partial charge in [-0.05, 0) is 37.3 Å². The summed E-state index contributed by atoms with van der Waals surface area (Å²) in [4.78, 5) is 12.6. The van der Waals surface area contributed by atoms with Crippen LogP contribution in [0.4, 0.5) is 0 Å². The van der Waals surface area contributed by atoms with Crippen molar-refractivity contribution in [1.29, 1.82) is 0 Å². The summed E-state index contributed by atoms with van der Waals surface area (Å²) < 4.78 is 5.22. The standard InChI is InChI=1S/C12H16O2S/c1-5-9-6-11(14-3)10(8(2)13)7-12(9)15-4/h6-7H,5H2,1-4H3. The summed E-state index contributed by atoms with van der Waals surface area (Å²) in [5.74, 6) is 0.724. The predicted octanol–water partition coefficient (Wildman–Crippen LogP) is 3.18. The number of rotatable bonds is 4. The molecule has 0 bridgehead atoms. The lowest BCUT2D eigenvalue weighted by Crippen LogP contribution is -2.00. The van der Waals surface area contributed by atoms with Crippen molar-refractivity contribution in [3.8, 4) is 5.75 Å². The number of thioether (sulfide) groups is 1. The fraction of sp³-hybridized carbons (Fsp3) is 0.417. The van der Waals surface area contributed by atoms with E-state index in [-0.39, 0.29) is 5.78 Å². The number of hydrogen-bond acceptors (Lipinski definition) is 3. The number of Topliss-reactive ketones (excluding diaryl/α,β-unsaturated/α-hetero) is 1. The number of aryl methyl sites for hydroxylation is 1. The highest BCUT2D eigenvalue weighted by Crippen LogP contribution is 2.29. The molecule has 0 heterocycles. The van der Waals surface area contributed by atoms with Gasteiger partial charge in [-0.1, -0.05) is 6.92 Å². The van der Waals surface area contributed by atoms with Gasteiger partial charge in [-0.3, -0.25) is 4.79 Å². The van der Waals surface area contributed by atoms with Crippen LogP contribution in [0.3, 0.4) is 0 Å². The highest BCUT2D eigenvalue weighted by Gasteiger charge is 2.12. The van der Waals surface area contributed by atoms with Crippen LogP contribution in [0.5, 0.6) is 5.75 Å². The number of ketones is 1. The van der Waals surface area contributed by atoms with Crippen LogP contribution >= 0.6 is 11.8 Å². The number of carbonyl (C=O) groups excluding carboxylic acids is 1. The zero-order chi connectivity index (χ0) is 11.4. The predicted molar refractivity (Wildman–Crippen MR) is 64.2 cm³/mol. The van der Waals surface area contributed by atoms with E-state index in [1.54, 1.807) is 25.8 Å². The van der Waals surface area contributed by atoms with Crippen LogP contribution in [0.1, 0.15) is 29.8 Å². The monoisotopic (exact) mass is 224 g/mol. The second-order valence-corrected chi connectivity index (χ2v) is 4.12. The number of hydrogen-bond donors (Lipinski definition) is 0. The minimum Gasteiger partial charge on any atom is -0.496 e. The van der Waals surface area contributed by atoms with E-state index in [0.717, 1.165) is 11.3 Å². The summed E-state index contributed by atoms with van der Waals surface area (Å²) in [6.07, 6.45) is 2.97. The second-order valence-electron chi connectivity index (χ2n) is 3.27. The number of carbonyl (C=O) groups is 1. The van der Waals surface area contributed by atoms with Crippen LogP contribution in [0.25, 0.3) is 0 Å². The summed E-state index contributed by atoms with van der Waals surface area (Å²) in [5.41, 5.74) is 1.89. The molecule has 82 valence electrons. The van der Waals surface area contributed by atoms with Gasteiger partial charge in [0, 0.05) is 4.90 Å². The van der Waals surface area contributed by atoms with Crippen molar-refractivity contribution in [2.75, 3.05) is 13.4 Å². The Kier molecular flexibility index (Phi) is 4.21. The molecule has 2 nitrogen and oxygen atoms in total. The van der Waals surface area contributed by atoms with Crippen LogP contribution in [0.2, 0.25) is 0 Å². The fourth-order valence-corrected chi connectivity index (χ4v) is 2.21. The molecule has 0 amide bonds. The highest BCUT2D eigenvalue weighted by atomic mass is 32.2.